The highest BCUT2D eigenvalue weighted by Crippen LogP contribution is 2.16. The third kappa shape index (κ3) is 13.2. The second-order valence-electron chi connectivity index (χ2n) is 5.96. The van der Waals surface area contributed by atoms with Gasteiger partial charge >= 0.3 is 0 Å². The maximum absolute atomic E-state index is 11.0. The van der Waals surface area contributed by atoms with Gasteiger partial charge in [-0.05, 0) is 13.3 Å². The Hall–Kier alpha value is 0.240. The van der Waals surface area contributed by atoms with Gasteiger partial charge < -0.3 is 0 Å². The largest absolute Gasteiger partial charge is 0.235 e. The fourth-order valence-corrected chi connectivity index (χ4v) is 3.13. The third-order valence-electron chi connectivity index (χ3n) is 3.94. The first-order valence-electron chi connectivity index (χ1n) is 8.42. The van der Waals surface area contributed by atoms with Crippen LogP contribution in [0.15, 0.2) is 0 Å². The Kier molecular flexibility index (Phi) is 13.1. The number of rotatable bonds is 14. The molecular weight excluding hydrogens is 292 g/mol. The van der Waals surface area contributed by atoms with Crippen molar-refractivity contribution in [2.45, 2.75) is 103 Å². The first-order valence-corrected chi connectivity index (χ1v) is 10.8. The van der Waals surface area contributed by atoms with Crippen LogP contribution < -0.4 is 0 Å². The summed E-state index contributed by atoms with van der Waals surface area (Å²) in [6, 6.07) is 0. The Morgan fingerprint density at radius 2 is 1.10 bits per heavy atom. The van der Waals surface area contributed by atoms with E-state index in [-0.39, 0.29) is 0 Å². The van der Waals surface area contributed by atoms with Crippen molar-refractivity contribution < 1.29 is 8.42 Å². The number of unbranched alkanes of at least 4 members (excludes halogenated alkanes) is 11. The molecular formula is C16H33ClO2S. The van der Waals surface area contributed by atoms with E-state index in [1.54, 1.807) is 6.92 Å². The molecule has 1 unspecified atom stereocenters. The first kappa shape index (κ1) is 20.2. The van der Waals surface area contributed by atoms with Gasteiger partial charge in [-0.1, -0.05) is 84.0 Å². The molecule has 0 fully saturated rings. The predicted octanol–water partition coefficient (Wildman–Crippen LogP) is 6.03. The number of halogens is 1. The van der Waals surface area contributed by atoms with Gasteiger partial charge in [0.05, 0.1) is 5.25 Å². The van der Waals surface area contributed by atoms with Crippen LogP contribution in [0.5, 0.6) is 0 Å². The van der Waals surface area contributed by atoms with E-state index >= 15 is 0 Å². The Labute approximate surface area is 131 Å². The van der Waals surface area contributed by atoms with Crippen molar-refractivity contribution >= 4 is 19.7 Å². The summed E-state index contributed by atoms with van der Waals surface area (Å²) in [5.41, 5.74) is 0. The molecule has 0 saturated heterocycles. The molecule has 0 amide bonds. The van der Waals surface area contributed by atoms with Gasteiger partial charge in [-0.15, -0.1) is 0 Å². The Balaban J connectivity index is 3.18. The second-order valence-corrected chi connectivity index (χ2v) is 9.01. The number of hydrogen-bond donors (Lipinski definition) is 0. The topological polar surface area (TPSA) is 34.1 Å². The van der Waals surface area contributed by atoms with Crippen LogP contribution in [-0.2, 0) is 9.05 Å². The van der Waals surface area contributed by atoms with Crippen LogP contribution in [0.3, 0.4) is 0 Å². The SMILES string of the molecule is CCCCCCCCCCCCCCC(C)S(=O)(=O)Cl. The smallest absolute Gasteiger partial charge is 0.212 e. The molecule has 0 saturated carbocycles. The molecule has 0 aliphatic heterocycles. The van der Waals surface area contributed by atoms with E-state index in [0.717, 1.165) is 12.8 Å². The molecule has 0 rings (SSSR count). The summed E-state index contributed by atoms with van der Waals surface area (Å²) < 4.78 is 22.1. The van der Waals surface area contributed by atoms with Crippen LogP contribution in [0.2, 0.25) is 0 Å². The van der Waals surface area contributed by atoms with Gasteiger partial charge in [0.1, 0.15) is 0 Å². The molecule has 0 aromatic carbocycles. The molecule has 0 aromatic heterocycles. The average molecular weight is 325 g/mol. The van der Waals surface area contributed by atoms with E-state index in [0.29, 0.717) is 6.42 Å². The minimum Gasteiger partial charge on any atom is -0.212 e. The minimum absolute atomic E-state index is 0.396. The molecule has 122 valence electrons. The van der Waals surface area contributed by atoms with Crippen molar-refractivity contribution in [3.8, 4) is 0 Å². The van der Waals surface area contributed by atoms with Crippen LogP contribution in [0.25, 0.3) is 0 Å². The highest BCUT2D eigenvalue weighted by molar-refractivity contribution is 8.14. The maximum atomic E-state index is 11.0. The zero-order valence-corrected chi connectivity index (χ0v) is 14.9. The lowest BCUT2D eigenvalue weighted by atomic mass is 10.0. The average Bonchev–Trinajstić information content (AvgIpc) is 2.38. The van der Waals surface area contributed by atoms with Crippen molar-refractivity contribution in [3.05, 3.63) is 0 Å². The molecule has 0 aliphatic rings. The monoisotopic (exact) mass is 324 g/mol. The third-order valence-corrected chi connectivity index (χ3v) is 6.05. The van der Waals surface area contributed by atoms with Crippen molar-refractivity contribution in [2.24, 2.45) is 0 Å². The van der Waals surface area contributed by atoms with Crippen molar-refractivity contribution in [1.29, 1.82) is 0 Å². The fraction of sp³-hybridized carbons (Fsp3) is 1.00. The van der Waals surface area contributed by atoms with Gasteiger partial charge in [-0.25, -0.2) is 8.42 Å². The normalized spacial score (nSPS) is 13.6. The molecule has 20 heavy (non-hydrogen) atoms. The van der Waals surface area contributed by atoms with E-state index < -0.39 is 14.3 Å². The van der Waals surface area contributed by atoms with E-state index in [9.17, 15) is 8.42 Å². The van der Waals surface area contributed by atoms with E-state index in [1.165, 1.54) is 64.2 Å². The quantitative estimate of drug-likeness (QED) is 0.288. The summed E-state index contributed by atoms with van der Waals surface area (Å²) >= 11 is 0. The fourth-order valence-electron chi connectivity index (χ4n) is 2.41. The number of hydrogen-bond acceptors (Lipinski definition) is 2. The van der Waals surface area contributed by atoms with Crippen LogP contribution in [0, 0.1) is 0 Å². The van der Waals surface area contributed by atoms with Gasteiger partial charge in [-0.3, -0.25) is 0 Å². The summed E-state index contributed by atoms with van der Waals surface area (Å²) in [7, 11) is 1.95. The van der Waals surface area contributed by atoms with Crippen molar-refractivity contribution in [1.82, 2.24) is 0 Å². The zero-order valence-electron chi connectivity index (χ0n) is 13.4. The van der Waals surface area contributed by atoms with E-state index in [4.69, 9.17) is 10.7 Å². The van der Waals surface area contributed by atoms with Crippen molar-refractivity contribution in [3.63, 3.8) is 0 Å². The van der Waals surface area contributed by atoms with E-state index in [2.05, 4.69) is 6.92 Å². The molecule has 0 heterocycles. The van der Waals surface area contributed by atoms with Crippen LogP contribution >= 0.6 is 10.7 Å². The zero-order chi connectivity index (χ0) is 15.3. The molecule has 0 aromatic rings. The van der Waals surface area contributed by atoms with E-state index in [1.807, 2.05) is 0 Å². The standard InChI is InChI=1S/C16H33ClO2S/c1-3-4-5-6-7-8-9-10-11-12-13-14-15-16(2)20(17,18)19/h16H,3-15H2,1-2H3. The Bertz CT molecular complexity index is 302. The predicted molar refractivity (Wildman–Crippen MR) is 89.9 cm³/mol. The molecule has 1 atom stereocenters. The Morgan fingerprint density at radius 3 is 1.45 bits per heavy atom. The van der Waals surface area contributed by atoms with Gasteiger partial charge in [0, 0.05) is 10.7 Å². The lowest BCUT2D eigenvalue weighted by molar-refractivity contribution is 0.535. The summed E-state index contributed by atoms with van der Waals surface area (Å²) in [6.45, 7) is 3.95. The van der Waals surface area contributed by atoms with Gasteiger partial charge in [0.2, 0.25) is 9.05 Å². The minimum atomic E-state index is -3.35. The molecule has 2 nitrogen and oxygen atoms in total. The van der Waals surface area contributed by atoms with Gasteiger partial charge in [0.25, 0.3) is 0 Å². The van der Waals surface area contributed by atoms with Crippen LogP contribution in [0.1, 0.15) is 97.3 Å². The van der Waals surface area contributed by atoms with Crippen molar-refractivity contribution in [2.75, 3.05) is 0 Å². The van der Waals surface area contributed by atoms with Crippen LogP contribution in [0.4, 0.5) is 0 Å². The Morgan fingerprint density at radius 1 is 0.750 bits per heavy atom. The lowest BCUT2D eigenvalue weighted by Gasteiger charge is -2.07. The molecule has 0 aliphatic carbocycles. The van der Waals surface area contributed by atoms with Gasteiger partial charge in [-0.2, -0.15) is 0 Å². The summed E-state index contributed by atoms with van der Waals surface area (Å²) in [4.78, 5) is 0. The summed E-state index contributed by atoms with van der Waals surface area (Å²) in [5, 5.41) is -0.396. The molecule has 0 bridgehead atoms. The van der Waals surface area contributed by atoms with Gasteiger partial charge in [0.15, 0.2) is 0 Å². The molecule has 0 radical (unpaired) electrons. The highest BCUT2D eigenvalue weighted by Gasteiger charge is 2.16. The highest BCUT2D eigenvalue weighted by atomic mass is 35.7. The first-order chi connectivity index (χ1) is 9.48. The lowest BCUT2D eigenvalue weighted by Crippen LogP contribution is -2.10. The molecule has 0 spiro atoms. The second kappa shape index (κ2) is 12.9. The molecule has 4 heteroatoms. The molecule has 0 N–H and O–H groups in total. The summed E-state index contributed by atoms with van der Waals surface area (Å²) in [5.74, 6) is 0. The van der Waals surface area contributed by atoms with Crippen LogP contribution in [-0.4, -0.2) is 13.7 Å². The summed E-state index contributed by atoms with van der Waals surface area (Å²) in [6.07, 6.45) is 16.3. The maximum Gasteiger partial charge on any atom is 0.235 e.